The van der Waals surface area contributed by atoms with Gasteiger partial charge in [-0.05, 0) is 48.4 Å². The van der Waals surface area contributed by atoms with Crippen LogP contribution >= 0.6 is 11.3 Å². The molecule has 1 amide bonds. The SMILES string of the molecule is COc1ccc2sc(C(=O)NC(CC3CC3)C(=O)O)c(C)c2c1. The molecule has 0 bridgehead atoms. The fourth-order valence-electron chi connectivity index (χ4n) is 2.68. The third-order valence-corrected chi connectivity index (χ3v) is 5.49. The second-order valence-electron chi connectivity index (χ2n) is 5.96. The zero-order valence-electron chi connectivity index (χ0n) is 13.1. The number of carboxylic acid groups (broad SMARTS) is 1. The summed E-state index contributed by atoms with van der Waals surface area (Å²) in [7, 11) is 1.60. The van der Waals surface area contributed by atoms with Gasteiger partial charge in [-0.25, -0.2) is 4.79 Å². The lowest BCUT2D eigenvalue weighted by atomic mass is 10.1. The highest BCUT2D eigenvalue weighted by Gasteiger charge is 2.31. The lowest BCUT2D eigenvalue weighted by molar-refractivity contribution is -0.139. The van der Waals surface area contributed by atoms with Crippen LogP contribution in [0, 0.1) is 12.8 Å². The van der Waals surface area contributed by atoms with E-state index in [1.54, 1.807) is 7.11 Å². The van der Waals surface area contributed by atoms with Crippen molar-refractivity contribution in [3.63, 3.8) is 0 Å². The van der Waals surface area contributed by atoms with E-state index in [1.807, 2.05) is 25.1 Å². The Morgan fingerprint density at radius 2 is 2.17 bits per heavy atom. The van der Waals surface area contributed by atoms with Gasteiger partial charge < -0.3 is 15.2 Å². The number of benzene rings is 1. The summed E-state index contributed by atoms with van der Waals surface area (Å²) in [6.45, 7) is 1.88. The second-order valence-corrected chi connectivity index (χ2v) is 7.01. The van der Waals surface area contributed by atoms with Gasteiger partial charge >= 0.3 is 5.97 Å². The molecule has 2 aromatic rings. The minimum atomic E-state index is -0.967. The molecule has 1 heterocycles. The summed E-state index contributed by atoms with van der Waals surface area (Å²) in [6, 6.07) is 4.86. The van der Waals surface area contributed by atoms with Gasteiger partial charge in [-0.15, -0.1) is 11.3 Å². The summed E-state index contributed by atoms with van der Waals surface area (Å²) in [5.74, 6) is -0.104. The Bertz CT molecular complexity index is 763. The van der Waals surface area contributed by atoms with Crippen molar-refractivity contribution < 1.29 is 19.4 Å². The molecule has 1 aliphatic carbocycles. The fourth-order valence-corrected chi connectivity index (χ4v) is 3.77. The topological polar surface area (TPSA) is 75.6 Å². The molecular formula is C17H19NO4S. The predicted molar refractivity (Wildman–Crippen MR) is 89.3 cm³/mol. The van der Waals surface area contributed by atoms with Crippen molar-refractivity contribution in [2.75, 3.05) is 7.11 Å². The summed E-state index contributed by atoms with van der Waals surface area (Å²) in [5.41, 5.74) is 0.858. The molecule has 0 saturated heterocycles. The molecule has 0 radical (unpaired) electrons. The van der Waals surface area contributed by atoms with Gasteiger partial charge in [0.1, 0.15) is 11.8 Å². The Labute approximate surface area is 138 Å². The molecule has 1 aromatic carbocycles. The standard InChI is InChI=1S/C17H19NO4S/c1-9-12-8-11(22-2)5-6-14(12)23-15(9)16(19)18-13(17(20)21)7-10-3-4-10/h5-6,8,10,13H,3-4,7H2,1-2H3,(H,18,19)(H,20,21). The van der Waals surface area contributed by atoms with E-state index in [4.69, 9.17) is 4.74 Å². The van der Waals surface area contributed by atoms with Crippen LogP contribution in [0.25, 0.3) is 10.1 Å². The van der Waals surface area contributed by atoms with Crippen LogP contribution in [0.5, 0.6) is 5.75 Å². The van der Waals surface area contributed by atoms with Crippen molar-refractivity contribution in [3.8, 4) is 5.75 Å². The second kappa shape index (κ2) is 6.20. The van der Waals surface area contributed by atoms with Crippen LogP contribution < -0.4 is 10.1 Å². The van der Waals surface area contributed by atoms with Crippen LogP contribution in [0.15, 0.2) is 18.2 Å². The van der Waals surface area contributed by atoms with Crippen LogP contribution in [0.1, 0.15) is 34.5 Å². The molecule has 3 rings (SSSR count). The number of hydrogen-bond donors (Lipinski definition) is 2. The van der Waals surface area contributed by atoms with Crippen molar-refractivity contribution >= 4 is 33.3 Å². The van der Waals surface area contributed by atoms with Gasteiger partial charge in [0.25, 0.3) is 5.91 Å². The van der Waals surface area contributed by atoms with Gasteiger partial charge in [-0.3, -0.25) is 4.79 Å². The zero-order chi connectivity index (χ0) is 16.6. The Hall–Kier alpha value is -2.08. The van der Waals surface area contributed by atoms with E-state index < -0.39 is 12.0 Å². The van der Waals surface area contributed by atoms with Crippen LogP contribution in [0.2, 0.25) is 0 Å². The number of hydrogen-bond acceptors (Lipinski definition) is 4. The minimum Gasteiger partial charge on any atom is -0.497 e. The number of carbonyl (C=O) groups excluding carboxylic acids is 1. The first kappa shape index (κ1) is 15.8. The van der Waals surface area contributed by atoms with Crippen LogP contribution in [-0.2, 0) is 4.79 Å². The first-order valence-corrected chi connectivity index (χ1v) is 8.42. The number of carboxylic acids is 1. The van der Waals surface area contributed by atoms with Gasteiger partial charge in [0.15, 0.2) is 0 Å². The summed E-state index contributed by atoms with van der Waals surface area (Å²) >= 11 is 1.38. The average Bonchev–Trinajstić information content (AvgIpc) is 3.29. The van der Waals surface area contributed by atoms with E-state index in [2.05, 4.69) is 5.32 Å². The van der Waals surface area contributed by atoms with E-state index in [-0.39, 0.29) is 5.91 Å². The molecule has 1 aromatic heterocycles. The van der Waals surface area contributed by atoms with Gasteiger partial charge in [-0.2, -0.15) is 0 Å². The van der Waals surface area contributed by atoms with Crippen molar-refractivity contribution in [2.45, 2.75) is 32.2 Å². The first-order chi connectivity index (χ1) is 11.0. The third kappa shape index (κ3) is 3.32. The molecule has 122 valence electrons. The van der Waals surface area contributed by atoms with E-state index in [9.17, 15) is 14.7 Å². The molecule has 1 fully saturated rings. The first-order valence-electron chi connectivity index (χ1n) is 7.60. The lowest BCUT2D eigenvalue weighted by Crippen LogP contribution is -2.41. The highest BCUT2D eigenvalue weighted by atomic mass is 32.1. The van der Waals surface area contributed by atoms with E-state index in [0.29, 0.717) is 17.2 Å². The number of ether oxygens (including phenoxy) is 1. The van der Waals surface area contributed by atoms with Crippen molar-refractivity contribution in [1.29, 1.82) is 0 Å². The number of amides is 1. The number of carbonyl (C=O) groups is 2. The summed E-state index contributed by atoms with van der Waals surface area (Å²) < 4.78 is 6.21. The molecule has 6 heteroatoms. The lowest BCUT2D eigenvalue weighted by Gasteiger charge is -2.13. The van der Waals surface area contributed by atoms with Gasteiger partial charge in [0.05, 0.1) is 12.0 Å². The molecule has 0 aliphatic heterocycles. The number of aryl methyl sites for hydroxylation is 1. The maximum Gasteiger partial charge on any atom is 0.326 e. The number of methoxy groups -OCH3 is 1. The van der Waals surface area contributed by atoms with Crippen LogP contribution in [-0.4, -0.2) is 30.1 Å². The van der Waals surface area contributed by atoms with Crippen molar-refractivity contribution in [2.24, 2.45) is 5.92 Å². The Balaban J connectivity index is 1.84. The van der Waals surface area contributed by atoms with Gasteiger partial charge in [0.2, 0.25) is 0 Å². The largest absolute Gasteiger partial charge is 0.497 e. The number of aliphatic carboxylic acids is 1. The fraction of sp³-hybridized carbons (Fsp3) is 0.412. The quantitative estimate of drug-likeness (QED) is 0.851. The summed E-state index contributed by atoms with van der Waals surface area (Å²) in [4.78, 5) is 24.4. The van der Waals surface area contributed by atoms with E-state index in [1.165, 1.54) is 11.3 Å². The Kier molecular flexibility index (Phi) is 4.26. The smallest absolute Gasteiger partial charge is 0.326 e. The molecule has 2 N–H and O–H groups in total. The minimum absolute atomic E-state index is 0.310. The molecule has 23 heavy (non-hydrogen) atoms. The molecule has 1 saturated carbocycles. The molecule has 1 aliphatic rings. The van der Waals surface area contributed by atoms with E-state index in [0.717, 1.165) is 34.2 Å². The van der Waals surface area contributed by atoms with E-state index >= 15 is 0 Å². The third-order valence-electron chi connectivity index (χ3n) is 4.22. The molecular weight excluding hydrogens is 314 g/mol. The zero-order valence-corrected chi connectivity index (χ0v) is 13.9. The maximum atomic E-state index is 12.5. The molecule has 5 nitrogen and oxygen atoms in total. The average molecular weight is 333 g/mol. The molecule has 0 spiro atoms. The highest BCUT2D eigenvalue weighted by Crippen LogP contribution is 2.35. The van der Waals surface area contributed by atoms with Crippen molar-refractivity contribution in [3.05, 3.63) is 28.6 Å². The van der Waals surface area contributed by atoms with Gasteiger partial charge in [0, 0.05) is 4.70 Å². The normalized spacial score (nSPS) is 15.4. The monoisotopic (exact) mass is 333 g/mol. The van der Waals surface area contributed by atoms with Crippen molar-refractivity contribution in [1.82, 2.24) is 5.32 Å². The highest BCUT2D eigenvalue weighted by molar-refractivity contribution is 7.21. The predicted octanol–water partition coefficient (Wildman–Crippen LogP) is 3.20. The molecule has 1 atom stereocenters. The van der Waals surface area contributed by atoms with Crippen LogP contribution in [0.4, 0.5) is 0 Å². The van der Waals surface area contributed by atoms with Gasteiger partial charge in [-0.1, -0.05) is 12.8 Å². The van der Waals surface area contributed by atoms with Crippen LogP contribution in [0.3, 0.4) is 0 Å². The maximum absolute atomic E-state index is 12.5. The number of thiophene rings is 1. The number of rotatable bonds is 6. The summed E-state index contributed by atoms with van der Waals surface area (Å²) in [5, 5.41) is 12.9. The number of nitrogens with one attached hydrogen (secondary N) is 1. The number of fused-ring (bicyclic) bond motifs is 1. The Morgan fingerprint density at radius 3 is 2.78 bits per heavy atom. The summed E-state index contributed by atoms with van der Waals surface area (Å²) in [6.07, 6.45) is 2.63. The Morgan fingerprint density at radius 1 is 1.43 bits per heavy atom. The molecule has 1 unspecified atom stereocenters.